The zero-order valence-corrected chi connectivity index (χ0v) is 10.5. The first-order valence-electron chi connectivity index (χ1n) is 6.92. The quantitative estimate of drug-likeness (QED) is 0.681. The zero-order chi connectivity index (χ0) is 12.1. The molecule has 4 nitrogen and oxygen atoms in total. The van der Waals surface area contributed by atoms with Gasteiger partial charge in [0.05, 0.1) is 6.10 Å². The summed E-state index contributed by atoms with van der Waals surface area (Å²) in [6, 6.07) is 0.202. The van der Waals surface area contributed by atoms with Crippen molar-refractivity contribution in [2.24, 2.45) is 5.92 Å². The second-order valence-electron chi connectivity index (χ2n) is 5.48. The topological polar surface area (TPSA) is 61.4 Å². The van der Waals surface area contributed by atoms with E-state index in [4.69, 9.17) is 0 Å². The first kappa shape index (κ1) is 12.8. The number of carbonyl (C=O) groups excluding carboxylic acids is 1. The molecule has 3 atom stereocenters. The minimum atomic E-state index is -0.215. The maximum absolute atomic E-state index is 11.8. The van der Waals surface area contributed by atoms with Crippen molar-refractivity contribution in [2.75, 3.05) is 13.1 Å². The number of aliphatic hydroxyl groups is 1. The third kappa shape index (κ3) is 4.28. The monoisotopic (exact) mass is 240 g/mol. The van der Waals surface area contributed by atoms with Gasteiger partial charge in [-0.3, -0.25) is 4.79 Å². The van der Waals surface area contributed by atoms with E-state index in [1.165, 1.54) is 6.42 Å². The van der Waals surface area contributed by atoms with Crippen LogP contribution in [0.15, 0.2) is 0 Å². The number of hydrogen-bond donors (Lipinski definition) is 3. The molecule has 1 saturated carbocycles. The van der Waals surface area contributed by atoms with Crippen LogP contribution < -0.4 is 10.6 Å². The summed E-state index contributed by atoms with van der Waals surface area (Å²) >= 11 is 0. The molecule has 98 valence electrons. The second kappa shape index (κ2) is 6.36. The first-order valence-corrected chi connectivity index (χ1v) is 6.92. The molecule has 0 bridgehead atoms. The van der Waals surface area contributed by atoms with E-state index in [0.29, 0.717) is 12.3 Å². The van der Waals surface area contributed by atoms with Gasteiger partial charge in [-0.15, -0.1) is 0 Å². The largest absolute Gasteiger partial charge is 0.393 e. The molecule has 1 amide bonds. The van der Waals surface area contributed by atoms with Crippen LogP contribution in [-0.2, 0) is 4.79 Å². The fourth-order valence-corrected chi connectivity index (χ4v) is 2.89. The van der Waals surface area contributed by atoms with Crippen LogP contribution in [0.5, 0.6) is 0 Å². The fraction of sp³-hybridized carbons (Fsp3) is 0.923. The highest BCUT2D eigenvalue weighted by Crippen LogP contribution is 2.19. The lowest BCUT2D eigenvalue weighted by Gasteiger charge is -2.26. The lowest BCUT2D eigenvalue weighted by molar-refractivity contribution is -0.122. The molecule has 0 aromatic rings. The Balaban J connectivity index is 1.62. The number of amides is 1. The van der Waals surface area contributed by atoms with Gasteiger partial charge < -0.3 is 15.7 Å². The molecule has 3 N–H and O–H groups in total. The van der Waals surface area contributed by atoms with Gasteiger partial charge in [-0.25, -0.2) is 0 Å². The molecule has 4 heteroatoms. The molecular weight excluding hydrogens is 216 g/mol. The Hall–Kier alpha value is -0.610. The molecule has 0 aromatic carbocycles. The highest BCUT2D eigenvalue weighted by Gasteiger charge is 2.22. The van der Waals surface area contributed by atoms with Crippen LogP contribution in [0.25, 0.3) is 0 Å². The van der Waals surface area contributed by atoms with Crippen molar-refractivity contribution in [1.29, 1.82) is 0 Å². The standard InChI is InChI=1S/C13H24N2O2/c16-12-3-1-2-11(8-12)15-13(17)5-4-10-6-7-14-9-10/h10-12,14,16H,1-9H2,(H,15,17). The normalized spacial score (nSPS) is 33.6. The van der Waals surface area contributed by atoms with Crippen LogP contribution >= 0.6 is 0 Å². The van der Waals surface area contributed by atoms with E-state index < -0.39 is 0 Å². The van der Waals surface area contributed by atoms with Gasteiger partial charge >= 0.3 is 0 Å². The average Bonchev–Trinajstić information content (AvgIpc) is 2.79. The Morgan fingerprint density at radius 2 is 2.24 bits per heavy atom. The van der Waals surface area contributed by atoms with Gasteiger partial charge in [0.25, 0.3) is 0 Å². The third-order valence-electron chi connectivity index (χ3n) is 3.95. The summed E-state index contributed by atoms with van der Waals surface area (Å²) in [5.74, 6) is 0.841. The van der Waals surface area contributed by atoms with Crippen LogP contribution in [0, 0.1) is 5.92 Å². The maximum Gasteiger partial charge on any atom is 0.220 e. The summed E-state index contributed by atoms with van der Waals surface area (Å²) in [5.41, 5.74) is 0. The van der Waals surface area contributed by atoms with E-state index in [-0.39, 0.29) is 18.1 Å². The van der Waals surface area contributed by atoms with Gasteiger partial charge in [-0.2, -0.15) is 0 Å². The molecule has 1 saturated heterocycles. The molecule has 0 aromatic heterocycles. The van der Waals surface area contributed by atoms with E-state index in [0.717, 1.165) is 45.2 Å². The lowest BCUT2D eigenvalue weighted by Crippen LogP contribution is -2.39. The van der Waals surface area contributed by atoms with Crippen molar-refractivity contribution in [3.05, 3.63) is 0 Å². The van der Waals surface area contributed by atoms with Crippen LogP contribution in [0.1, 0.15) is 44.9 Å². The maximum atomic E-state index is 11.8. The summed E-state index contributed by atoms with van der Waals surface area (Å²) in [7, 11) is 0. The molecule has 1 aliphatic heterocycles. The number of aliphatic hydroxyl groups excluding tert-OH is 1. The number of nitrogens with one attached hydrogen (secondary N) is 2. The Kier molecular flexibility index (Phi) is 4.80. The molecule has 0 spiro atoms. The minimum absolute atomic E-state index is 0.163. The van der Waals surface area contributed by atoms with Gasteiger partial charge in [0.1, 0.15) is 0 Å². The second-order valence-corrected chi connectivity index (χ2v) is 5.48. The van der Waals surface area contributed by atoms with Crippen molar-refractivity contribution < 1.29 is 9.90 Å². The summed E-state index contributed by atoms with van der Waals surface area (Å²) in [6.45, 7) is 2.16. The fourth-order valence-electron chi connectivity index (χ4n) is 2.89. The van der Waals surface area contributed by atoms with Crippen LogP contribution in [0.4, 0.5) is 0 Å². The number of hydrogen-bond acceptors (Lipinski definition) is 3. The van der Waals surface area contributed by atoms with E-state index in [1.54, 1.807) is 0 Å². The van der Waals surface area contributed by atoms with E-state index in [9.17, 15) is 9.90 Å². The molecule has 17 heavy (non-hydrogen) atoms. The first-order chi connectivity index (χ1) is 8.24. The predicted molar refractivity (Wildman–Crippen MR) is 66.6 cm³/mol. The van der Waals surface area contributed by atoms with Crippen molar-refractivity contribution in [3.63, 3.8) is 0 Å². The molecule has 1 heterocycles. The smallest absolute Gasteiger partial charge is 0.220 e. The Morgan fingerprint density at radius 1 is 1.35 bits per heavy atom. The zero-order valence-electron chi connectivity index (χ0n) is 10.5. The van der Waals surface area contributed by atoms with Gasteiger partial charge in [0.2, 0.25) is 5.91 Å². The van der Waals surface area contributed by atoms with Crippen LogP contribution in [-0.4, -0.2) is 36.2 Å². The summed E-state index contributed by atoms with van der Waals surface area (Å²) in [4.78, 5) is 11.8. The summed E-state index contributed by atoms with van der Waals surface area (Å²) in [5, 5.41) is 15.9. The number of rotatable bonds is 4. The highest BCUT2D eigenvalue weighted by molar-refractivity contribution is 5.76. The van der Waals surface area contributed by atoms with Crippen molar-refractivity contribution in [1.82, 2.24) is 10.6 Å². The molecule has 2 rings (SSSR count). The Morgan fingerprint density at radius 3 is 2.94 bits per heavy atom. The summed E-state index contributed by atoms with van der Waals surface area (Å²) < 4.78 is 0. The molecular formula is C13H24N2O2. The SMILES string of the molecule is O=C(CCC1CCNC1)NC1CCCC(O)C1. The number of carbonyl (C=O) groups is 1. The predicted octanol–water partition coefficient (Wildman–Crippen LogP) is 0.796. The molecule has 0 radical (unpaired) electrons. The van der Waals surface area contributed by atoms with Gasteiger partial charge in [-0.05, 0) is 57.5 Å². The molecule has 2 fully saturated rings. The van der Waals surface area contributed by atoms with Crippen molar-refractivity contribution >= 4 is 5.91 Å². The average molecular weight is 240 g/mol. The van der Waals surface area contributed by atoms with Gasteiger partial charge in [0, 0.05) is 12.5 Å². The Labute approximate surface area is 103 Å². The van der Waals surface area contributed by atoms with Crippen molar-refractivity contribution in [3.8, 4) is 0 Å². The highest BCUT2D eigenvalue weighted by atomic mass is 16.3. The van der Waals surface area contributed by atoms with Crippen LogP contribution in [0.2, 0.25) is 0 Å². The van der Waals surface area contributed by atoms with Gasteiger partial charge in [-0.1, -0.05) is 0 Å². The minimum Gasteiger partial charge on any atom is -0.393 e. The Bertz CT molecular complexity index is 252. The van der Waals surface area contributed by atoms with E-state index in [2.05, 4.69) is 10.6 Å². The third-order valence-corrected chi connectivity index (χ3v) is 3.95. The van der Waals surface area contributed by atoms with Gasteiger partial charge in [0.15, 0.2) is 0 Å². The van der Waals surface area contributed by atoms with Crippen molar-refractivity contribution in [2.45, 2.75) is 57.1 Å². The van der Waals surface area contributed by atoms with Crippen LogP contribution in [0.3, 0.4) is 0 Å². The molecule has 2 aliphatic rings. The van der Waals surface area contributed by atoms with E-state index >= 15 is 0 Å². The molecule has 3 unspecified atom stereocenters. The molecule has 1 aliphatic carbocycles. The lowest BCUT2D eigenvalue weighted by atomic mass is 9.93. The summed E-state index contributed by atoms with van der Waals surface area (Å²) in [6.07, 6.45) is 6.29. The van der Waals surface area contributed by atoms with E-state index in [1.807, 2.05) is 0 Å².